The zero-order valence-corrected chi connectivity index (χ0v) is 14.3. The van der Waals surface area contributed by atoms with Crippen LogP contribution < -0.4 is 5.32 Å². The van der Waals surface area contributed by atoms with Crippen LogP contribution in [-0.4, -0.2) is 12.6 Å². The monoisotopic (exact) mass is 341 g/mol. The van der Waals surface area contributed by atoms with Crippen LogP contribution in [0, 0.1) is 17.2 Å². The van der Waals surface area contributed by atoms with Gasteiger partial charge in [-0.15, -0.1) is 0 Å². The van der Waals surface area contributed by atoms with Crippen LogP contribution in [0.3, 0.4) is 0 Å². The molecule has 0 aromatic heterocycles. The summed E-state index contributed by atoms with van der Waals surface area (Å²) >= 11 is 3.39. The van der Waals surface area contributed by atoms with Crippen molar-refractivity contribution in [2.75, 3.05) is 6.54 Å². The van der Waals surface area contributed by atoms with E-state index in [-0.39, 0.29) is 5.82 Å². The molecule has 1 aromatic carbocycles. The van der Waals surface area contributed by atoms with E-state index in [1.54, 1.807) is 6.07 Å². The third-order valence-corrected chi connectivity index (χ3v) is 5.13. The smallest absolute Gasteiger partial charge is 0.124 e. The van der Waals surface area contributed by atoms with E-state index in [0.717, 1.165) is 23.0 Å². The largest absolute Gasteiger partial charge is 0.314 e. The number of likely N-dealkylation sites (N-methyl/N-ethyl adjacent to an activating group) is 1. The zero-order valence-electron chi connectivity index (χ0n) is 12.7. The van der Waals surface area contributed by atoms with Crippen molar-refractivity contribution in [1.29, 1.82) is 0 Å². The summed E-state index contributed by atoms with van der Waals surface area (Å²) in [5, 5.41) is 3.63. The summed E-state index contributed by atoms with van der Waals surface area (Å²) in [4.78, 5) is 0. The van der Waals surface area contributed by atoms with Crippen molar-refractivity contribution in [3.8, 4) is 0 Å². The predicted octanol–water partition coefficient (Wildman–Crippen LogP) is 4.94. The lowest BCUT2D eigenvalue weighted by atomic mass is 9.76. The van der Waals surface area contributed by atoms with Crippen LogP contribution in [-0.2, 0) is 6.42 Å². The Bertz CT molecular complexity index is 438. The number of hydrogen-bond donors (Lipinski definition) is 1. The Balaban J connectivity index is 2.16. The van der Waals surface area contributed by atoms with Gasteiger partial charge < -0.3 is 5.32 Å². The van der Waals surface area contributed by atoms with Crippen LogP contribution in [0.25, 0.3) is 0 Å². The average Bonchev–Trinajstić information content (AvgIpc) is 2.67. The lowest BCUT2D eigenvalue weighted by Gasteiger charge is -2.35. The van der Waals surface area contributed by atoms with Crippen LogP contribution in [0.2, 0.25) is 0 Å². The minimum atomic E-state index is -0.157. The topological polar surface area (TPSA) is 12.0 Å². The number of benzene rings is 1. The van der Waals surface area contributed by atoms with Gasteiger partial charge in [-0.3, -0.25) is 0 Å². The molecule has 1 aliphatic rings. The highest BCUT2D eigenvalue weighted by atomic mass is 79.9. The van der Waals surface area contributed by atoms with Gasteiger partial charge in [-0.1, -0.05) is 43.1 Å². The molecule has 0 aliphatic heterocycles. The van der Waals surface area contributed by atoms with Gasteiger partial charge in [0.1, 0.15) is 5.82 Å². The van der Waals surface area contributed by atoms with Gasteiger partial charge in [-0.05, 0) is 60.9 Å². The molecule has 1 nitrogen and oxygen atoms in total. The first-order chi connectivity index (χ1) is 9.42. The van der Waals surface area contributed by atoms with Crippen LogP contribution >= 0.6 is 15.9 Å². The van der Waals surface area contributed by atoms with E-state index in [2.05, 4.69) is 42.0 Å². The Morgan fingerprint density at radius 3 is 2.70 bits per heavy atom. The predicted molar refractivity (Wildman–Crippen MR) is 86.4 cm³/mol. The Kier molecular flexibility index (Phi) is 5.25. The van der Waals surface area contributed by atoms with E-state index < -0.39 is 0 Å². The number of rotatable bonds is 5. The number of halogens is 2. The van der Waals surface area contributed by atoms with Gasteiger partial charge in [-0.25, -0.2) is 4.39 Å². The molecule has 1 fully saturated rings. The molecule has 0 radical (unpaired) electrons. The molecule has 0 bridgehead atoms. The standard InChI is InChI=1S/C17H25BrFN/c1-4-20-16(15-6-5-7-17(15,2)3)10-12-8-13(18)11-14(19)9-12/h8-9,11,15-16,20H,4-7,10H2,1-3H3. The summed E-state index contributed by atoms with van der Waals surface area (Å²) in [7, 11) is 0. The fourth-order valence-electron chi connectivity index (χ4n) is 3.70. The molecule has 2 unspecified atom stereocenters. The van der Waals surface area contributed by atoms with Crippen molar-refractivity contribution in [3.05, 3.63) is 34.1 Å². The second-order valence-corrected chi connectivity index (χ2v) is 7.55. The van der Waals surface area contributed by atoms with Gasteiger partial charge in [0.15, 0.2) is 0 Å². The second kappa shape index (κ2) is 6.57. The van der Waals surface area contributed by atoms with Gasteiger partial charge in [0.2, 0.25) is 0 Å². The van der Waals surface area contributed by atoms with Gasteiger partial charge in [0, 0.05) is 10.5 Å². The lowest BCUT2D eigenvalue weighted by molar-refractivity contribution is 0.197. The average molecular weight is 342 g/mol. The minimum Gasteiger partial charge on any atom is -0.314 e. The van der Waals surface area contributed by atoms with Gasteiger partial charge in [-0.2, -0.15) is 0 Å². The first-order valence-electron chi connectivity index (χ1n) is 7.60. The SMILES string of the molecule is CCNC(Cc1cc(F)cc(Br)c1)C1CCCC1(C)C. The summed E-state index contributed by atoms with van der Waals surface area (Å²) in [6, 6.07) is 5.66. The molecule has 1 aliphatic carbocycles. The summed E-state index contributed by atoms with van der Waals surface area (Å²) in [5.41, 5.74) is 1.46. The highest BCUT2D eigenvalue weighted by molar-refractivity contribution is 9.10. The summed E-state index contributed by atoms with van der Waals surface area (Å²) in [6.45, 7) is 7.86. The zero-order chi connectivity index (χ0) is 14.8. The Labute approximate surface area is 130 Å². The van der Waals surface area contributed by atoms with Crippen LogP contribution in [0.15, 0.2) is 22.7 Å². The van der Waals surface area contributed by atoms with E-state index in [1.165, 1.54) is 25.3 Å². The number of nitrogens with one attached hydrogen (secondary N) is 1. The van der Waals surface area contributed by atoms with E-state index in [9.17, 15) is 4.39 Å². The van der Waals surface area contributed by atoms with Gasteiger partial charge >= 0.3 is 0 Å². The van der Waals surface area contributed by atoms with Crippen molar-refractivity contribution in [2.24, 2.45) is 11.3 Å². The van der Waals surface area contributed by atoms with Crippen molar-refractivity contribution in [3.63, 3.8) is 0 Å². The first kappa shape index (κ1) is 16.0. The highest BCUT2D eigenvalue weighted by Gasteiger charge is 2.39. The fraction of sp³-hybridized carbons (Fsp3) is 0.647. The minimum absolute atomic E-state index is 0.157. The molecule has 112 valence electrons. The van der Waals surface area contributed by atoms with E-state index in [4.69, 9.17) is 0 Å². The molecular weight excluding hydrogens is 317 g/mol. The van der Waals surface area contributed by atoms with Crippen LogP contribution in [0.5, 0.6) is 0 Å². The third-order valence-electron chi connectivity index (χ3n) is 4.67. The van der Waals surface area contributed by atoms with E-state index in [1.807, 2.05) is 6.07 Å². The summed E-state index contributed by atoms with van der Waals surface area (Å²) < 4.78 is 14.4. The first-order valence-corrected chi connectivity index (χ1v) is 8.40. The Morgan fingerprint density at radius 1 is 1.40 bits per heavy atom. The molecule has 2 rings (SSSR count). The third kappa shape index (κ3) is 3.82. The van der Waals surface area contributed by atoms with Crippen molar-refractivity contribution < 1.29 is 4.39 Å². The fourth-order valence-corrected chi connectivity index (χ4v) is 4.21. The molecule has 1 saturated carbocycles. The molecule has 3 heteroatoms. The molecule has 0 heterocycles. The van der Waals surface area contributed by atoms with E-state index >= 15 is 0 Å². The molecule has 1 N–H and O–H groups in total. The van der Waals surface area contributed by atoms with Gasteiger partial charge in [0.05, 0.1) is 0 Å². The molecule has 1 aromatic rings. The lowest BCUT2D eigenvalue weighted by Crippen LogP contribution is -2.42. The van der Waals surface area contributed by atoms with E-state index in [0.29, 0.717) is 17.4 Å². The maximum absolute atomic E-state index is 13.5. The summed E-state index contributed by atoms with van der Waals surface area (Å²) in [6.07, 6.45) is 4.79. The maximum atomic E-state index is 13.5. The maximum Gasteiger partial charge on any atom is 0.124 e. The highest BCUT2D eigenvalue weighted by Crippen LogP contribution is 2.45. The van der Waals surface area contributed by atoms with Crippen molar-refractivity contribution in [2.45, 2.75) is 52.5 Å². The second-order valence-electron chi connectivity index (χ2n) is 6.63. The number of hydrogen-bond acceptors (Lipinski definition) is 1. The molecular formula is C17H25BrFN. The van der Waals surface area contributed by atoms with Gasteiger partial charge in [0.25, 0.3) is 0 Å². The Morgan fingerprint density at radius 2 is 2.15 bits per heavy atom. The molecule has 20 heavy (non-hydrogen) atoms. The molecule has 0 saturated heterocycles. The molecule has 0 amide bonds. The Hall–Kier alpha value is -0.410. The molecule has 0 spiro atoms. The van der Waals surface area contributed by atoms with Crippen LogP contribution in [0.1, 0.15) is 45.6 Å². The van der Waals surface area contributed by atoms with Crippen molar-refractivity contribution >= 4 is 15.9 Å². The van der Waals surface area contributed by atoms with Crippen LogP contribution in [0.4, 0.5) is 4.39 Å². The summed E-state index contributed by atoms with van der Waals surface area (Å²) in [5.74, 6) is 0.514. The van der Waals surface area contributed by atoms with Crippen molar-refractivity contribution in [1.82, 2.24) is 5.32 Å². The molecule has 2 atom stereocenters. The normalized spacial score (nSPS) is 22.9. The quantitative estimate of drug-likeness (QED) is 0.800.